The Hall–Kier alpha value is -3.11. The van der Waals surface area contributed by atoms with Gasteiger partial charge in [-0.1, -0.05) is 11.6 Å². The topological polar surface area (TPSA) is 77.7 Å². The summed E-state index contributed by atoms with van der Waals surface area (Å²) < 4.78 is 64.4. The van der Waals surface area contributed by atoms with Gasteiger partial charge < -0.3 is 20.1 Å². The Kier molecular flexibility index (Phi) is 4.91. The van der Waals surface area contributed by atoms with Gasteiger partial charge in [-0.05, 0) is 29.8 Å². The maximum atomic E-state index is 14.7. The molecule has 172 valence electrons. The number of aromatic nitrogens is 1. The third-order valence-corrected chi connectivity index (χ3v) is 6.30. The zero-order valence-electron chi connectivity index (χ0n) is 17.1. The van der Waals surface area contributed by atoms with Gasteiger partial charge in [-0.25, -0.2) is 9.37 Å². The molecule has 33 heavy (non-hydrogen) atoms. The smallest absolute Gasteiger partial charge is 0.416 e. The molecule has 5 rings (SSSR count). The molecule has 2 N–H and O–H groups in total. The average Bonchev–Trinajstić information content (AvgIpc) is 3.40. The minimum Gasteiger partial charge on any atom is -0.491 e. The standard InChI is InChI=1S/C22H16ClF4N3O3/c1-30(17-8-33-18-3-9(22(25,26)27)2-15(24)19(17)18)21(31)11-4-10-12-6-32-7-13(12)20(28)29-16(10)5-14(11)23/h2-5,17H,6-8H2,1H3,(H2,28,29). The van der Waals surface area contributed by atoms with Gasteiger partial charge in [0.15, 0.2) is 0 Å². The Morgan fingerprint density at radius 2 is 1.94 bits per heavy atom. The number of nitrogen functional groups attached to an aromatic ring is 1. The molecule has 11 heteroatoms. The van der Waals surface area contributed by atoms with Crippen LogP contribution in [-0.2, 0) is 24.1 Å². The van der Waals surface area contributed by atoms with E-state index in [-0.39, 0.29) is 28.5 Å². The molecule has 1 unspecified atom stereocenters. The number of nitrogens with two attached hydrogens (primary N) is 1. The van der Waals surface area contributed by atoms with Crippen LogP contribution in [0.25, 0.3) is 10.9 Å². The summed E-state index contributed by atoms with van der Waals surface area (Å²) >= 11 is 6.36. The number of rotatable bonds is 2. The number of hydrogen-bond acceptors (Lipinski definition) is 5. The van der Waals surface area contributed by atoms with E-state index in [2.05, 4.69) is 4.98 Å². The number of hydrogen-bond donors (Lipinski definition) is 1. The maximum Gasteiger partial charge on any atom is 0.416 e. The lowest BCUT2D eigenvalue weighted by Crippen LogP contribution is -2.32. The molecular weight excluding hydrogens is 466 g/mol. The fraction of sp³-hybridized carbons (Fsp3) is 0.273. The third-order valence-electron chi connectivity index (χ3n) is 5.98. The van der Waals surface area contributed by atoms with Gasteiger partial charge in [-0.15, -0.1) is 0 Å². The molecule has 6 nitrogen and oxygen atoms in total. The molecular formula is C22H16ClF4N3O3. The SMILES string of the molecule is CN(C(=O)c1cc2c3c(c(N)nc2cc1Cl)COC3)C1COc2cc(C(F)(F)F)cc(F)c21. The molecule has 0 fully saturated rings. The minimum absolute atomic E-state index is 0.108. The number of alkyl halides is 3. The summed E-state index contributed by atoms with van der Waals surface area (Å²) in [5.41, 5.74) is 6.91. The van der Waals surface area contributed by atoms with Crippen molar-refractivity contribution in [3.8, 4) is 5.75 Å². The number of likely N-dealkylation sites (N-methyl/N-ethyl adjacent to an activating group) is 1. The van der Waals surface area contributed by atoms with Crippen molar-refractivity contribution in [3.63, 3.8) is 0 Å². The fourth-order valence-corrected chi connectivity index (χ4v) is 4.48. The predicted molar refractivity (Wildman–Crippen MR) is 111 cm³/mol. The van der Waals surface area contributed by atoms with Crippen molar-refractivity contribution in [3.05, 3.63) is 62.9 Å². The fourth-order valence-electron chi connectivity index (χ4n) is 4.24. The van der Waals surface area contributed by atoms with E-state index in [1.165, 1.54) is 18.0 Å². The van der Waals surface area contributed by atoms with Crippen LogP contribution in [0.4, 0.5) is 23.4 Å². The maximum absolute atomic E-state index is 14.7. The number of carbonyl (C=O) groups is 1. The van der Waals surface area contributed by atoms with Gasteiger partial charge in [0.25, 0.3) is 5.91 Å². The molecule has 1 amide bonds. The first-order valence-electron chi connectivity index (χ1n) is 9.85. The van der Waals surface area contributed by atoms with Crippen molar-refractivity contribution < 1.29 is 31.8 Å². The Morgan fingerprint density at radius 3 is 2.67 bits per heavy atom. The van der Waals surface area contributed by atoms with Gasteiger partial charge in [-0.2, -0.15) is 13.2 Å². The van der Waals surface area contributed by atoms with Gasteiger partial charge >= 0.3 is 6.18 Å². The van der Waals surface area contributed by atoms with Gasteiger partial charge in [0.05, 0.1) is 46.5 Å². The highest BCUT2D eigenvalue weighted by Crippen LogP contribution is 2.43. The van der Waals surface area contributed by atoms with Gasteiger partial charge in [0.1, 0.15) is 24.0 Å². The Morgan fingerprint density at radius 1 is 1.21 bits per heavy atom. The van der Waals surface area contributed by atoms with E-state index < -0.39 is 29.5 Å². The molecule has 0 radical (unpaired) electrons. The minimum atomic E-state index is -4.72. The second-order valence-electron chi connectivity index (χ2n) is 7.91. The highest BCUT2D eigenvalue weighted by atomic mass is 35.5. The molecule has 0 bridgehead atoms. The van der Waals surface area contributed by atoms with Crippen LogP contribution < -0.4 is 10.5 Å². The number of pyridine rings is 1. The Balaban J connectivity index is 1.53. The Bertz CT molecular complexity index is 1330. The van der Waals surface area contributed by atoms with Crippen molar-refractivity contribution in [1.29, 1.82) is 0 Å². The number of carbonyl (C=O) groups excluding carboxylic acids is 1. The summed E-state index contributed by atoms with van der Waals surface area (Å²) in [6.07, 6.45) is -4.72. The van der Waals surface area contributed by atoms with Crippen LogP contribution in [0, 0.1) is 5.82 Å². The lowest BCUT2D eigenvalue weighted by Gasteiger charge is -2.25. The predicted octanol–water partition coefficient (Wildman–Crippen LogP) is 4.86. The zero-order valence-corrected chi connectivity index (χ0v) is 17.9. The van der Waals surface area contributed by atoms with E-state index in [0.29, 0.717) is 36.0 Å². The number of fused-ring (bicyclic) bond motifs is 4. The van der Waals surface area contributed by atoms with E-state index in [0.717, 1.165) is 17.2 Å². The molecule has 0 saturated carbocycles. The lowest BCUT2D eigenvalue weighted by atomic mass is 10.0. The molecule has 0 spiro atoms. The summed E-state index contributed by atoms with van der Waals surface area (Å²) in [4.78, 5) is 18.8. The number of benzene rings is 2. The van der Waals surface area contributed by atoms with Gasteiger partial charge in [0, 0.05) is 18.0 Å². The molecule has 2 aromatic carbocycles. The highest BCUT2D eigenvalue weighted by Gasteiger charge is 2.39. The summed E-state index contributed by atoms with van der Waals surface area (Å²) in [6.45, 7) is 0.424. The molecule has 1 atom stereocenters. The van der Waals surface area contributed by atoms with Crippen LogP contribution in [0.15, 0.2) is 24.3 Å². The van der Waals surface area contributed by atoms with Crippen LogP contribution >= 0.6 is 11.6 Å². The van der Waals surface area contributed by atoms with Crippen LogP contribution in [-0.4, -0.2) is 29.4 Å². The second kappa shape index (κ2) is 7.46. The van der Waals surface area contributed by atoms with Crippen LogP contribution in [0.1, 0.15) is 38.7 Å². The summed E-state index contributed by atoms with van der Waals surface area (Å²) in [6, 6.07) is 3.30. The highest BCUT2D eigenvalue weighted by molar-refractivity contribution is 6.34. The summed E-state index contributed by atoms with van der Waals surface area (Å²) in [7, 11) is 1.41. The summed E-state index contributed by atoms with van der Waals surface area (Å²) in [5.74, 6) is -1.56. The molecule has 1 aromatic heterocycles. The van der Waals surface area contributed by atoms with Crippen molar-refractivity contribution in [2.75, 3.05) is 19.4 Å². The molecule has 3 heterocycles. The van der Waals surface area contributed by atoms with Crippen LogP contribution in [0.2, 0.25) is 5.02 Å². The number of ether oxygens (including phenoxy) is 2. The van der Waals surface area contributed by atoms with Gasteiger partial charge in [0.2, 0.25) is 0 Å². The third kappa shape index (κ3) is 3.44. The molecule has 2 aliphatic heterocycles. The van der Waals surface area contributed by atoms with Crippen molar-refractivity contribution in [1.82, 2.24) is 9.88 Å². The molecule has 3 aromatic rings. The first kappa shape index (κ1) is 21.7. The largest absolute Gasteiger partial charge is 0.491 e. The second-order valence-corrected chi connectivity index (χ2v) is 8.31. The number of anilines is 1. The van der Waals surface area contributed by atoms with Crippen LogP contribution in [0.3, 0.4) is 0 Å². The van der Waals surface area contributed by atoms with Gasteiger partial charge in [-0.3, -0.25) is 4.79 Å². The monoisotopic (exact) mass is 481 g/mol. The zero-order chi connectivity index (χ0) is 23.7. The van der Waals surface area contributed by atoms with Crippen molar-refractivity contribution >= 4 is 34.2 Å². The van der Waals surface area contributed by atoms with Crippen molar-refractivity contribution in [2.24, 2.45) is 0 Å². The van der Waals surface area contributed by atoms with E-state index in [1.807, 2.05) is 0 Å². The first-order valence-corrected chi connectivity index (χ1v) is 10.2. The lowest BCUT2D eigenvalue weighted by molar-refractivity contribution is -0.137. The first-order chi connectivity index (χ1) is 15.6. The van der Waals surface area contributed by atoms with E-state index >= 15 is 0 Å². The number of halogens is 5. The molecule has 0 aliphatic carbocycles. The van der Waals surface area contributed by atoms with Crippen LogP contribution in [0.5, 0.6) is 5.75 Å². The summed E-state index contributed by atoms with van der Waals surface area (Å²) in [5, 5.41) is 0.763. The average molecular weight is 482 g/mol. The van der Waals surface area contributed by atoms with E-state index in [1.54, 1.807) is 6.07 Å². The number of amides is 1. The number of nitrogens with zero attached hydrogens (tertiary/aromatic N) is 2. The van der Waals surface area contributed by atoms with E-state index in [4.69, 9.17) is 26.8 Å². The molecule has 0 saturated heterocycles. The normalized spacial score (nSPS) is 17.1. The van der Waals surface area contributed by atoms with E-state index in [9.17, 15) is 22.4 Å². The quantitative estimate of drug-likeness (QED) is 0.529. The van der Waals surface area contributed by atoms with Crippen molar-refractivity contribution in [2.45, 2.75) is 25.4 Å². The molecule has 2 aliphatic rings. The Labute approximate surface area is 189 Å².